The minimum Gasteiger partial charge on any atom is -0.481 e. The first kappa shape index (κ1) is 25.0. The van der Waals surface area contributed by atoms with E-state index in [0.29, 0.717) is 24.3 Å². The van der Waals surface area contributed by atoms with Gasteiger partial charge in [0, 0.05) is 17.7 Å². The van der Waals surface area contributed by atoms with Gasteiger partial charge in [0.05, 0.1) is 17.6 Å². The first-order valence-corrected chi connectivity index (χ1v) is 13.1. The van der Waals surface area contributed by atoms with E-state index in [0.717, 1.165) is 59.2 Å². The minimum atomic E-state index is -0.676. The Balaban J connectivity index is 1.57. The smallest absolute Gasteiger partial charge is 0.306 e. The summed E-state index contributed by atoms with van der Waals surface area (Å²) < 4.78 is 0. The normalized spacial score (nSPS) is 14.8. The van der Waals surface area contributed by atoms with Crippen molar-refractivity contribution in [2.45, 2.75) is 53.0 Å². The van der Waals surface area contributed by atoms with Crippen molar-refractivity contribution in [3.8, 4) is 27.2 Å². The second kappa shape index (κ2) is 11.1. The molecule has 0 atom stereocenters. The molecule has 1 aliphatic heterocycles. The highest BCUT2D eigenvalue weighted by atomic mass is 32.1. The fourth-order valence-electron chi connectivity index (χ4n) is 4.86. The Morgan fingerprint density at radius 3 is 2.57 bits per heavy atom. The number of hydrogen-bond donors (Lipinski definition) is 1. The Hall–Kier alpha value is -3.08. The van der Waals surface area contributed by atoms with Crippen LogP contribution in [0.25, 0.3) is 21.1 Å². The fraction of sp³-hybridized carbons (Fsp3) is 0.429. The number of aromatic nitrogens is 2. The zero-order valence-electron chi connectivity index (χ0n) is 20.6. The summed E-state index contributed by atoms with van der Waals surface area (Å²) in [6, 6.07) is 14.7. The van der Waals surface area contributed by atoms with Crippen molar-refractivity contribution in [2.24, 2.45) is 11.8 Å². The summed E-state index contributed by atoms with van der Waals surface area (Å²) in [5, 5.41) is 29.6. The van der Waals surface area contributed by atoms with Crippen LogP contribution in [0.15, 0.2) is 36.4 Å². The number of rotatable bonds is 8. The van der Waals surface area contributed by atoms with Gasteiger partial charge in [-0.3, -0.25) is 9.69 Å². The Bertz CT molecular complexity index is 1240. The molecule has 4 rings (SSSR count). The number of nitrogens with zero attached hydrogens (tertiary/aromatic N) is 4. The zero-order valence-corrected chi connectivity index (χ0v) is 21.4. The van der Waals surface area contributed by atoms with E-state index in [9.17, 15) is 15.2 Å². The number of carboxylic acids is 1. The minimum absolute atomic E-state index is 0.218. The number of benzene rings is 2. The molecule has 0 unspecified atom stereocenters. The van der Waals surface area contributed by atoms with E-state index >= 15 is 0 Å². The van der Waals surface area contributed by atoms with Crippen molar-refractivity contribution in [3.05, 3.63) is 58.7 Å². The molecule has 3 aromatic rings. The van der Waals surface area contributed by atoms with Crippen LogP contribution in [0.4, 0.5) is 0 Å². The van der Waals surface area contributed by atoms with Crippen LogP contribution < -0.4 is 0 Å². The maximum Gasteiger partial charge on any atom is 0.306 e. The fourth-order valence-corrected chi connectivity index (χ4v) is 5.75. The average molecular weight is 489 g/mol. The third kappa shape index (κ3) is 5.77. The highest BCUT2D eigenvalue weighted by Crippen LogP contribution is 2.34. The molecule has 0 aliphatic carbocycles. The molecule has 0 radical (unpaired) electrons. The third-order valence-corrected chi connectivity index (χ3v) is 7.72. The second-order valence-corrected chi connectivity index (χ2v) is 10.7. The lowest BCUT2D eigenvalue weighted by Crippen LogP contribution is -2.36. The molecule has 1 N–H and O–H groups in total. The monoisotopic (exact) mass is 488 g/mol. The number of carboxylic acid groups (broad SMARTS) is 1. The Morgan fingerprint density at radius 1 is 1.17 bits per heavy atom. The van der Waals surface area contributed by atoms with Crippen molar-refractivity contribution >= 4 is 17.3 Å². The molecule has 1 saturated heterocycles. The summed E-state index contributed by atoms with van der Waals surface area (Å²) in [5.74, 6) is -0.405. The number of carbonyl (C=O) groups is 1. The van der Waals surface area contributed by atoms with E-state index in [1.165, 1.54) is 11.1 Å². The van der Waals surface area contributed by atoms with E-state index in [1.807, 2.05) is 18.2 Å². The molecule has 1 fully saturated rings. The first-order chi connectivity index (χ1) is 16.9. The summed E-state index contributed by atoms with van der Waals surface area (Å²) in [7, 11) is 0. The average Bonchev–Trinajstić information content (AvgIpc) is 3.34. The maximum atomic E-state index is 11.3. The van der Waals surface area contributed by atoms with Gasteiger partial charge in [0.2, 0.25) is 0 Å². The number of piperidine rings is 1. The van der Waals surface area contributed by atoms with Crippen LogP contribution in [0.1, 0.15) is 55.9 Å². The van der Waals surface area contributed by atoms with Crippen LogP contribution in [0.5, 0.6) is 0 Å². The summed E-state index contributed by atoms with van der Waals surface area (Å²) in [4.78, 5) is 13.6. The van der Waals surface area contributed by atoms with Gasteiger partial charge in [-0.25, -0.2) is 0 Å². The summed E-state index contributed by atoms with van der Waals surface area (Å²) in [6.45, 7) is 8.90. The standard InChI is InChI=1S/C28H32N4O2S/c1-4-24-22(17-32-12-10-19(11-13-32)28(33)34)6-5-7-25(24)27-31-30-26(35-27)21-9-8-20(14-18(2)3)23(15-21)16-29/h5-9,15,18-19H,4,10-14,17H2,1-3H3,(H,33,34). The number of likely N-dealkylation sites (tertiary alicyclic amines) is 1. The van der Waals surface area contributed by atoms with Crippen LogP contribution >= 0.6 is 11.3 Å². The van der Waals surface area contributed by atoms with E-state index in [1.54, 1.807) is 11.3 Å². The van der Waals surface area contributed by atoms with Gasteiger partial charge < -0.3 is 5.11 Å². The molecule has 6 nitrogen and oxygen atoms in total. The van der Waals surface area contributed by atoms with Crippen molar-refractivity contribution in [1.82, 2.24) is 15.1 Å². The molecule has 1 aliphatic rings. The maximum absolute atomic E-state index is 11.3. The van der Waals surface area contributed by atoms with Crippen molar-refractivity contribution < 1.29 is 9.90 Å². The third-order valence-electron chi connectivity index (χ3n) is 6.72. The van der Waals surface area contributed by atoms with E-state index in [4.69, 9.17) is 0 Å². The quantitative estimate of drug-likeness (QED) is 0.431. The largest absolute Gasteiger partial charge is 0.481 e. The van der Waals surface area contributed by atoms with E-state index < -0.39 is 5.97 Å². The molecule has 0 amide bonds. The predicted molar refractivity (Wildman–Crippen MR) is 139 cm³/mol. The lowest BCUT2D eigenvalue weighted by atomic mass is 9.95. The van der Waals surface area contributed by atoms with E-state index in [-0.39, 0.29) is 5.92 Å². The van der Waals surface area contributed by atoms with Gasteiger partial charge in [0.1, 0.15) is 10.0 Å². The second-order valence-electron chi connectivity index (χ2n) is 9.68. The number of nitriles is 1. The van der Waals surface area contributed by atoms with Crippen LogP contribution in [0.2, 0.25) is 0 Å². The number of hydrogen-bond acceptors (Lipinski definition) is 6. The molecular formula is C28H32N4O2S. The summed E-state index contributed by atoms with van der Waals surface area (Å²) in [6.07, 6.45) is 3.17. The Labute approximate surface area is 211 Å². The van der Waals surface area contributed by atoms with Gasteiger partial charge in [0.15, 0.2) is 0 Å². The van der Waals surface area contributed by atoms with Crippen LogP contribution in [-0.2, 0) is 24.2 Å². The van der Waals surface area contributed by atoms with E-state index in [2.05, 4.69) is 60.1 Å². The molecule has 35 heavy (non-hydrogen) atoms. The van der Waals surface area contributed by atoms with Gasteiger partial charge in [-0.2, -0.15) is 5.26 Å². The van der Waals surface area contributed by atoms with Crippen LogP contribution in [-0.4, -0.2) is 39.3 Å². The molecule has 0 saturated carbocycles. The van der Waals surface area contributed by atoms with Crippen LogP contribution in [0, 0.1) is 23.2 Å². The first-order valence-electron chi connectivity index (χ1n) is 12.3. The SMILES string of the molecule is CCc1c(CN2CCC(C(=O)O)CC2)cccc1-c1nnc(-c2ccc(CC(C)C)c(C#N)c2)s1. The molecule has 2 heterocycles. The lowest BCUT2D eigenvalue weighted by Gasteiger charge is -2.30. The zero-order chi connectivity index (χ0) is 24.9. The van der Waals surface area contributed by atoms with Crippen molar-refractivity contribution in [2.75, 3.05) is 13.1 Å². The van der Waals surface area contributed by atoms with Crippen molar-refractivity contribution in [3.63, 3.8) is 0 Å². The molecule has 7 heteroatoms. The summed E-state index contributed by atoms with van der Waals surface area (Å²) in [5.41, 5.74) is 6.33. The summed E-state index contributed by atoms with van der Waals surface area (Å²) >= 11 is 1.56. The Kier molecular flexibility index (Phi) is 7.94. The van der Waals surface area contributed by atoms with Crippen molar-refractivity contribution in [1.29, 1.82) is 5.26 Å². The lowest BCUT2D eigenvalue weighted by molar-refractivity contribution is -0.143. The molecule has 1 aromatic heterocycles. The predicted octanol–water partition coefficient (Wildman–Crippen LogP) is 5.80. The van der Waals surface area contributed by atoms with Gasteiger partial charge in [-0.05, 0) is 67.4 Å². The molecule has 182 valence electrons. The molecule has 0 bridgehead atoms. The highest BCUT2D eigenvalue weighted by molar-refractivity contribution is 7.17. The molecular weight excluding hydrogens is 456 g/mol. The molecule has 0 spiro atoms. The topological polar surface area (TPSA) is 90.1 Å². The van der Waals surface area contributed by atoms with Crippen LogP contribution in [0.3, 0.4) is 0 Å². The number of aliphatic carboxylic acids is 1. The van der Waals surface area contributed by atoms with Gasteiger partial charge in [0.25, 0.3) is 0 Å². The van der Waals surface area contributed by atoms with Gasteiger partial charge in [-0.15, -0.1) is 10.2 Å². The molecule has 2 aromatic carbocycles. The van der Waals surface area contributed by atoms with Gasteiger partial charge in [-0.1, -0.05) is 62.4 Å². The Morgan fingerprint density at radius 2 is 1.91 bits per heavy atom. The van der Waals surface area contributed by atoms with Gasteiger partial charge >= 0.3 is 5.97 Å². The highest BCUT2D eigenvalue weighted by Gasteiger charge is 2.25.